The Bertz CT molecular complexity index is 656. The molecule has 1 aromatic carbocycles. The molecule has 0 aliphatic carbocycles. The maximum Gasteiger partial charge on any atom is 0.271 e. The van der Waals surface area contributed by atoms with E-state index in [1.165, 1.54) is 11.1 Å². The van der Waals surface area contributed by atoms with Crippen LogP contribution in [-0.2, 0) is 12.8 Å². The summed E-state index contributed by atoms with van der Waals surface area (Å²) in [5.74, 6) is -0.0947. The van der Waals surface area contributed by atoms with E-state index in [0.717, 1.165) is 38.8 Å². The molecule has 2 aromatic rings. The van der Waals surface area contributed by atoms with Gasteiger partial charge in [-0.25, -0.2) is 0 Å². The third kappa shape index (κ3) is 4.23. The van der Waals surface area contributed by atoms with Crippen molar-refractivity contribution in [1.82, 2.24) is 20.4 Å². The zero-order chi connectivity index (χ0) is 16.8. The van der Waals surface area contributed by atoms with E-state index in [-0.39, 0.29) is 5.91 Å². The van der Waals surface area contributed by atoms with Gasteiger partial charge >= 0.3 is 0 Å². The van der Waals surface area contributed by atoms with Gasteiger partial charge in [0.2, 0.25) is 0 Å². The van der Waals surface area contributed by atoms with Gasteiger partial charge < -0.3 is 10.6 Å². The van der Waals surface area contributed by atoms with Crippen molar-refractivity contribution < 1.29 is 4.79 Å². The summed E-state index contributed by atoms with van der Waals surface area (Å²) in [7, 11) is 0. The van der Waals surface area contributed by atoms with E-state index < -0.39 is 0 Å². The van der Waals surface area contributed by atoms with Gasteiger partial charge in [0.1, 0.15) is 5.69 Å². The molecule has 0 saturated carbocycles. The monoisotopic (exact) mass is 326 g/mol. The third-order valence-electron chi connectivity index (χ3n) is 4.62. The molecule has 1 amide bonds. The predicted octanol–water partition coefficient (Wildman–Crippen LogP) is 2.34. The fourth-order valence-electron chi connectivity index (χ4n) is 3.07. The number of carbonyl (C=O) groups excluding carboxylic acids is 1. The Hall–Kier alpha value is -2.14. The van der Waals surface area contributed by atoms with Crippen LogP contribution in [0.25, 0.3) is 0 Å². The molecule has 0 spiro atoms. The van der Waals surface area contributed by atoms with E-state index in [0.29, 0.717) is 18.3 Å². The van der Waals surface area contributed by atoms with Gasteiger partial charge in [0.15, 0.2) is 0 Å². The highest BCUT2D eigenvalue weighted by molar-refractivity contribution is 5.92. The second kappa shape index (κ2) is 8.11. The zero-order valence-corrected chi connectivity index (χ0v) is 14.3. The van der Waals surface area contributed by atoms with Crippen LogP contribution in [0.1, 0.15) is 47.4 Å². The van der Waals surface area contributed by atoms with Crippen molar-refractivity contribution in [3.05, 3.63) is 53.3 Å². The number of nitrogens with zero attached hydrogens (tertiary/aromatic N) is 2. The second-order valence-electron chi connectivity index (χ2n) is 6.36. The molecule has 1 aromatic heterocycles. The molecular weight excluding hydrogens is 300 g/mol. The maximum atomic E-state index is 12.2. The normalized spacial score (nSPS) is 17.6. The van der Waals surface area contributed by atoms with Gasteiger partial charge in [-0.3, -0.25) is 9.48 Å². The molecule has 24 heavy (non-hydrogen) atoms. The molecule has 5 nitrogen and oxygen atoms in total. The number of aryl methyl sites for hydroxylation is 1. The number of rotatable bonds is 6. The first-order chi connectivity index (χ1) is 11.8. The average molecular weight is 326 g/mol. The largest absolute Gasteiger partial charge is 0.350 e. The molecule has 1 fully saturated rings. The summed E-state index contributed by atoms with van der Waals surface area (Å²) >= 11 is 0. The Morgan fingerprint density at radius 1 is 1.29 bits per heavy atom. The van der Waals surface area contributed by atoms with Crippen LogP contribution in [-0.4, -0.2) is 35.3 Å². The molecular formula is C19H26N4O. The quantitative estimate of drug-likeness (QED) is 0.857. The summed E-state index contributed by atoms with van der Waals surface area (Å²) in [6, 6.07) is 10.7. The molecule has 0 bridgehead atoms. The topological polar surface area (TPSA) is 59.0 Å². The Balaban J connectivity index is 1.48. The Labute approximate surface area is 143 Å². The minimum absolute atomic E-state index is 0.0947. The highest BCUT2D eigenvalue weighted by Crippen LogP contribution is 2.15. The average Bonchev–Trinajstić information content (AvgIpc) is 3.13. The van der Waals surface area contributed by atoms with Crippen molar-refractivity contribution in [2.45, 2.75) is 38.6 Å². The second-order valence-corrected chi connectivity index (χ2v) is 6.36. The minimum Gasteiger partial charge on any atom is -0.350 e. The molecule has 0 radical (unpaired) electrons. The lowest BCUT2D eigenvalue weighted by Crippen LogP contribution is -2.32. The van der Waals surface area contributed by atoms with Gasteiger partial charge in [-0.2, -0.15) is 5.10 Å². The number of hydrogen-bond donors (Lipinski definition) is 2. The third-order valence-corrected chi connectivity index (χ3v) is 4.62. The molecule has 1 aliphatic heterocycles. The Kier molecular flexibility index (Phi) is 5.64. The van der Waals surface area contributed by atoms with Crippen LogP contribution in [0.4, 0.5) is 0 Å². The highest BCUT2D eigenvalue weighted by atomic mass is 16.1. The number of aromatic nitrogens is 2. The van der Waals surface area contributed by atoms with Crippen molar-refractivity contribution in [2.24, 2.45) is 0 Å². The molecule has 1 saturated heterocycles. The van der Waals surface area contributed by atoms with E-state index in [9.17, 15) is 4.79 Å². The number of nitrogens with one attached hydrogen (secondary N) is 2. The number of carbonyl (C=O) groups is 1. The first-order valence-corrected chi connectivity index (χ1v) is 8.88. The smallest absolute Gasteiger partial charge is 0.271 e. The molecule has 1 atom stereocenters. The molecule has 2 N–H and O–H groups in total. The van der Waals surface area contributed by atoms with Crippen LogP contribution in [0.2, 0.25) is 0 Å². The Morgan fingerprint density at radius 3 is 2.79 bits per heavy atom. The molecule has 128 valence electrons. The molecule has 1 aliphatic rings. The highest BCUT2D eigenvalue weighted by Gasteiger charge is 2.17. The van der Waals surface area contributed by atoms with Crippen molar-refractivity contribution in [1.29, 1.82) is 0 Å². The van der Waals surface area contributed by atoms with Gasteiger partial charge in [-0.05, 0) is 49.4 Å². The van der Waals surface area contributed by atoms with Crippen LogP contribution in [0.3, 0.4) is 0 Å². The lowest BCUT2D eigenvalue weighted by Gasteiger charge is -2.22. The Morgan fingerprint density at radius 2 is 2.08 bits per heavy atom. The molecule has 3 rings (SSSR count). The summed E-state index contributed by atoms with van der Waals surface area (Å²) < 4.78 is 1.92. The lowest BCUT2D eigenvalue weighted by atomic mass is 10.1. The van der Waals surface area contributed by atoms with Crippen LogP contribution < -0.4 is 10.6 Å². The molecule has 1 unspecified atom stereocenters. The summed E-state index contributed by atoms with van der Waals surface area (Å²) in [6.07, 6.45) is 6.07. The van der Waals surface area contributed by atoms with Crippen LogP contribution in [0.5, 0.6) is 0 Å². The van der Waals surface area contributed by atoms with Gasteiger partial charge in [0.05, 0.1) is 6.04 Å². The van der Waals surface area contributed by atoms with Gasteiger partial charge in [-0.1, -0.05) is 31.2 Å². The lowest BCUT2D eigenvalue weighted by molar-refractivity contribution is 0.0948. The number of benzene rings is 1. The first-order valence-electron chi connectivity index (χ1n) is 8.88. The van der Waals surface area contributed by atoms with E-state index >= 15 is 0 Å². The standard InChI is InChI=1S/C19H26N4O/c1-2-15-5-7-16(8-6-15)9-12-21-19(24)18-10-13-23(22-18)17-4-3-11-20-14-17/h5-8,10,13,17,20H,2-4,9,11-12,14H2,1H3,(H,21,24). The number of hydrogen-bond acceptors (Lipinski definition) is 3. The van der Waals surface area contributed by atoms with E-state index in [2.05, 4.69) is 46.9 Å². The fourth-order valence-corrected chi connectivity index (χ4v) is 3.07. The SMILES string of the molecule is CCc1ccc(CCNC(=O)c2ccn(C3CCCNC3)n2)cc1. The number of amides is 1. The van der Waals surface area contributed by atoms with Crippen molar-refractivity contribution in [3.63, 3.8) is 0 Å². The van der Waals surface area contributed by atoms with Gasteiger partial charge in [-0.15, -0.1) is 0 Å². The first kappa shape index (κ1) is 16.7. The summed E-state index contributed by atoms with van der Waals surface area (Å²) in [5.41, 5.74) is 3.08. The van der Waals surface area contributed by atoms with Crippen LogP contribution in [0.15, 0.2) is 36.5 Å². The summed E-state index contributed by atoms with van der Waals surface area (Å²) in [6.45, 7) is 4.78. The van der Waals surface area contributed by atoms with Crippen molar-refractivity contribution in [3.8, 4) is 0 Å². The van der Waals surface area contributed by atoms with Gasteiger partial charge in [0, 0.05) is 19.3 Å². The summed E-state index contributed by atoms with van der Waals surface area (Å²) in [4.78, 5) is 12.2. The molecule has 5 heteroatoms. The number of piperidine rings is 1. The van der Waals surface area contributed by atoms with Gasteiger partial charge in [0.25, 0.3) is 5.91 Å². The van der Waals surface area contributed by atoms with Crippen LogP contribution in [0, 0.1) is 0 Å². The van der Waals surface area contributed by atoms with Crippen molar-refractivity contribution >= 4 is 5.91 Å². The van der Waals surface area contributed by atoms with Crippen LogP contribution >= 0.6 is 0 Å². The molecule has 2 heterocycles. The minimum atomic E-state index is -0.0947. The summed E-state index contributed by atoms with van der Waals surface area (Å²) in [5, 5.41) is 10.8. The predicted molar refractivity (Wildman–Crippen MR) is 95.2 cm³/mol. The maximum absolute atomic E-state index is 12.2. The van der Waals surface area contributed by atoms with E-state index in [4.69, 9.17) is 0 Å². The van der Waals surface area contributed by atoms with Crippen molar-refractivity contribution in [2.75, 3.05) is 19.6 Å². The fraction of sp³-hybridized carbons (Fsp3) is 0.474. The van der Waals surface area contributed by atoms with E-state index in [1.807, 2.05) is 10.9 Å². The van der Waals surface area contributed by atoms with E-state index in [1.54, 1.807) is 6.07 Å². The zero-order valence-electron chi connectivity index (χ0n) is 14.3.